The summed E-state index contributed by atoms with van der Waals surface area (Å²) in [7, 11) is 1.61. The number of nitrogens with one attached hydrogen (secondary N) is 1. The van der Waals surface area contributed by atoms with E-state index in [9.17, 15) is 9.90 Å². The second kappa shape index (κ2) is 11.2. The van der Waals surface area contributed by atoms with E-state index in [1.54, 1.807) is 19.5 Å². The Bertz CT molecular complexity index is 1290. The van der Waals surface area contributed by atoms with Crippen LogP contribution in [0.25, 0.3) is 17.3 Å². The molecule has 2 N–H and O–H groups in total. The Balaban J connectivity index is 1.34. The van der Waals surface area contributed by atoms with Gasteiger partial charge in [-0.1, -0.05) is 6.07 Å². The van der Waals surface area contributed by atoms with Crippen molar-refractivity contribution < 1.29 is 14.6 Å². The average molecular weight is 500 g/mol. The van der Waals surface area contributed by atoms with Crippen LogP contribution in [-0.2, 0) is 4.74 Å². The minimum absolute atomic E-state index is 0.320. The van der Waals surface area contributed by atoms with Gasteiger partial charge < -0.3 is 20.1 Å². The molecular weight excluding hydrogens is 468 g/mol. The number of aromatic nitrogens is 3. The van der Waals surface area contributed by atoms with E-state index in [1.807, 2.05) is 18.2 Å². The van der Waals surface area contributed by atoms with E-state index >= 15 is 0 Å². The van der Waals surface area contributed by atoms with Crippen molar-refractivity contribution >= 4 is 23.5 Å². The van der Waals surface area contributed by atoms with E-state index in [4.69, 9.17) is 9.72 Å². The molecule has 1 radical (unpaired) electrons. The Morgan fingerprint density at radius 1 is 1.19 bits per heavy atom. The summed E-state index contributed by atoms with van der Waals surface area (Å²) in [6.07, 6.45) is 9.85. The van der Waals surface area contributed by atoms with Gasteiger partial charge in [0.1, 0.15) is 12.1 Å². The van der Waals surface area contributed by atoms with Gasteiger partial charge in [0.2, 0.25) is 0 Å². The third-order valence-corrected chi connectivity index (χ3v) is 6.95. The zero-order valence-corrected chi connectivity index (χ0v) is 21.1. The molecule has 37 heavy (non-hydrogen) atoms. The van der Waals surface area contributed by atoms with Gasteiger partial charge in [0.25, 0.3) is 5.91 Å². The highest BCUT2D eigenvalue weighted by molar-refractivity contribution is 6.05. The lowest BCUT2D eigenvalue weighted by atomic mass is 9.86. The number of rotatable bonds is 8. The highest BCUT2D eigenvalue weighted by Gasteiger charge is 2.25. The molecule has 0 bridgehead atoms. The molecular formula is C28H31N6O3. The van der Waals surface area contributed by atoms with Gasteiger partial charge in [0, 0.05) is 43.5 Å². The van der Waals surface area contributed by atoms with Crippen molar-refractivity contribution in [2.75, 3.05) is 38.7 Å². The minimum atomic E-state index is -0.448. The summed E-state index contributed by atoms with van der Waals surface area (Å²) in [6.45, 7) is 5.04. The van der Waals surface area contributed by atoms with Crippen molar-refractivity contribution in [2.24, 2.45) is 0 Å². The van der Waals surface area contributed by atoms with Gasteiger partial charge >= 0.3 is 0 Å². The molecule has 1 fully saturated rings. The number of likely N-dealkylation sites (tertiary alicyclic amines) is 1. The molecule has 191 valence electrons. The molecule has 1 aromatic carbocycles. The van der Waals surface area contributed by atoms with E-state index in [0.29, 0.717) is 36.1 Å². The van der Waals surface area contributed by atoms with Gasteiger partial charge in [-0.3, -0.25) is 4.79 Å². The first kappa shape index (κ1) is 25.0. The number of ether oxygens (including phenoxy) is 1. The number of aryl methyl sites for hydroxylation is 1. The number of methoxy groups -OCH3 is 1. The van der Waals surface area contributed by atoms with Crippen LogP contribution in [0.2, 0.25) is 0 Å². The number of hydrogen-bond donors (Lipinski definition) is 2. The highest BCUT2D eigenvalue weighted by Crippen LogP contribution is 2.34. The molecule has 3 aromatic rings. The Kier molecular flexibility index (Phi) is 7.55. The average Bonchev–Trinajstić information content (AvgIpc) is 2.90. The van der Waals surface area contributed by atoms with E-state index < -0.39 is 6.10 Å². The van der Waals surface area contributed by atoms with Gasteiger partial charge in [0.05, 0.1) is 24.0 Å². The minimum Gasteiger partial charge on any atom is -0.389 e. The Morgan fingerprint density at radius 2 is 1.97 bits per heavy atom. The number of anilines is 2. The van der Waals surface area contributed by atoms with Crippen LogP contribution in [0.5, 0.6) is 0 Å². The van der Waals surface area contributed by atoms with E-state index in [-0.39, 0.29) is 5.91 Å². The molecule has 9 nitrogen and oxygen atoms in total. The predicted molar refractivity (Wildman–Crippen MR) is 142 cm³/mol. The van der Waals surface area contributed by atoms with Crippen LogP contribution in [0.1, 0.15) is 45.8 Å². The summed E-state index contributed by atoms with van der Waals surface area (Å²) < 4.78 is 5.05. The number of β-amino-alcohol motifs (C(OH)–C–C–N with tert-alkyl or cyclic N) is 1. The molecule has 2 aliphatic heterocycles. The summed E-state index contributed by atoms with van der Waals surface area (Å²) in [4.78, 5) is 27.9. The Hall–Kier alpha value is -3.66. The molecule has 1 unspecified atom stereocenters. The largest absolute Gasteiger partial charge is 0.389 e. The van der Waals surface area contributed by atoms with Crippen LogP contribution in [0, 0.1) is 6.92 Å². The van der Waals surface area contributed by atoms with Crippen molar-refractivity contribution in [3.8, 4) is 11.3 Å². The number of nitrogens with zero attached hydrogens (tertiary/aromatic N) is 5. The monoisotopic (exact) mass is 499 g/mol. The summed E-state index contributed by atoms with van der Waals surface area (Å²) in [5, 5.41) is 17.4. The molecule has 2 aliphatic rings. The smallest absolute Gasteiger partial charge is 0.281 e. The maximum Gasteiger partial charge on any atom is 0.281 e. The van der Waals surface area contributed by atoms with Gasteiger partial charge in [-0.25, -0.2) is 20.3 Å². The second-order valence-electron chi connectivity index (χ2n) is 9.58. The number of piperidine rings is 1. The lowest BCUT2D eigenvalue weighted by Crippen LogP contribution is -2.39. The summed E-state index contributed by atoms with van der Waals surface area (Å²) >= 11 is 0. The van der Waals surface area contributed by atoms with Crippen LogP contribution in [0.15, 0.2) is 49.2 Å². The van der Waals surface area contributed by atoms with Crippen LogP contribution >= 0.6 is 0 Å². The van der Waals surface area contributed by atoms with Gasteiger partial charge in [-0.05, 0) is 79.7 Å². The fourth-order valence-electron chi connectivity index (χ4n) is 5.16. The van der Waals surface area contributed by atoms with Gasteiger partial charge in [0.15, 0.2) is 0 Å². The van der Waals surface area contributed by atoms with E-state index in [2.05, 4.69) is 44.6 Å². The maximum absolute atomic E-state index is 12.7. The molecule has 4 heterocycles. The third-order valence-electron chi connectivity index (χ3n) is 6.95. The summed E-state index contributed by atoms with van der Waals surface area (Å²) in [6, 6.07) is 8.18. The number of benzene rings is 1. The van der Waals surface area contributed by atoms with E-state index in [0.717, 1.165) is 42.7 Å². The number of aliphatic hydroxyl groups excluding tert-OH is 1. The first-order chi connectivity index (χ1) is 18.0. The number of carbonyl (C=O) groups excluding carboxylic acids is 1. The molecule has 2 aromatic heterocycles. The third kappa shape index (κ3) is 5.69. The molecule has 1 saturated heterocycles. The summed E-state index contributed by atoms with van der Waals surface area (Å²) in [5.74, 6) is 0.617. The Morgan fingerprint density at radius 3 is 2.70 bits per heavy atom. The quantitative estimate of drug-likeness (QED) is 0.484. The predicted octanol–water partition coefficient (Wildman–Crippen LogP) is 3.51. The number of carbonyl (C=O) groups is 1. The number of pyridine rings is 1. The zero-order chi connectivity index (χ0) is 25.8. The fraction of sp³-hybridized carbons (Fsp3) is 0.357. The Labute approximate surface area is 216 Å². The number of aliphatic hydroxyl groups is 1. The number of fused-ring (bicyclic) bond motifs is 1. The fourth-order valence-corrected chi connectivity index (χ4v) is 5.16. The second-order valence-corrected chi connectivity index (χ2v) is 9.58. The highest BCUT2D eigenvalue weighted by atomic mass is 16.5. The standard InChI is InChI=1S/C28H31N6O3/c1-18-11-22(3-4-24(18)19-6-9-34(10-7-19)15-23(35)16-37-2)32-27-26-20(5-8-31-28(26)36)12-25(33-27)21-13-29-17-30-14-21/h3-5,8,11-14,17,19,23,35H,6-7,9-10,15-16H2,1-2H3,(H,32,33). The van der Waals surface area contributed by atoms with Crippen molar-refractivity contribution in [2.45, 2.75) is 31.8 Å². The van der Waals surface area contributed by atoms with E-state index in [1.165, 1.54) is 23.7 Å². The molecule has 0 spiro atoms. The molecule has 0 saturated carbocycles. The van der Waals surface area contributed by atoms with Crippen molar-refractivity contribution in [3.63, 3.8) is 0 Å². The topological polar surface area (TPSA) is 115 Å². The van der Waals surface area contributed by atoms with Crippen molar-refractivity contribution in [1.82, 2.24) is 25.2 Å². The van der Waals surface area contributed by atoms with Crippen molar-refractivity contribution in [1.29, 1.82) is 0 Å². The van der Waals surface area contributed by atoms with Crippen LogP contribution in [-0.4, -0.2) is 70.3 Å². The first-order valence-electron chi connectivity index (χ1n) is 12.5. The molecule has 1 amide bonds. The van der Waals surface area contributed by atoms with Gasteiger partial charge in [-0.2, -0.15) is 0 Å². The lowest BCUT2D eigenvalue weighted by molar-refractivity contribution is 0.0320. The van der Waals surface area contributed by atoms with Crippen LogP contribution in [0.4, 0.5) is 11.5 Å². The van der Waals surface area contributed by atoms with Crippen LogP contribution in [0.3, 0.4) is 0 Å². The summed E-state index contributed by atoms with van der Waals surface area (Å²) in [5.41, 5.74) is 6.04. The molecule has 1 atom stereocenters. The lowest BCUT2D eigenvalue weighted by Gasteiger charge is -2.34. The molecule has 5 rings (SSSR count). The van der Waals surface area contributed by atoms with Gasteiger partial charge in [-0.15, -0.1) is 0 Å². The number of amides is 1. The zero-order valence-electron chi connectivity index (χ0n) is 21.1. The normalized spacial score (nSPS) is 16.8. The van der Waals surface area contributed by atoms with Crippen molar-refractivity contribution in [3.05, 3.63) is 71.4 Å². The molecule has 0 aliphatic carbocycles. The SMILES string of the molecule is COCC(O)CN1CCC(c2ccc(Nc3nc(-c4cncnc4)cc4c3C(=O)[N]C=C4)cc2C)CC1. The first-order valence-corrected chi connectivity index (χ1v) is 12.5. The molecule has 9 heteroatoms. The maximum atomic E-state index is 12.7. The van der Waals surface area contributed by atoms with Crippen LogP contribution < -0.4 is 10.6 Å². The number of hydrogen-bond acceptors (Lipinski definition) is 8.